The molecule has 1 aliphatic rings. The monoisotopic (exact) mass is 261 g/mol. The van der Waals surface area contributed by atoms with Crippen molar-refractivity contribution in [2.45, 2.75) is 40.0 Å². The normalized spacial score (nSPS) is 18.5. The van der Waals surface area contributed by atoms with Crippen LogP contribution >= 0.6 is 0 Å². The third-order valence-electron chi connectivity index (χ3n) is 3.36. The molecule has 1 rings (SSSR count). The highest BCUT2D eigenvalue weighted by Gasteiger charge is 2.12. The number of aliphatic imine (C=N–C) groups is 1. The van der Waals surface area contributed by atoms with Crippen LogP contribution in [0.1, 0.15) is 40.0 Å². The fraction of sp³-hybridized carbons (Fsp3) is 0.562. The fourth-order valence-electron chi connectivity index (χ4n) is 2.06. The Labute approximate surface area is 117 Å². The lowest BCUT2D eigenvalue weighted by molar-refractivity contribution is 0.440. The number of nitrogens with one attached hydrogen (secondary N) is 1. The highest BCUT2D eigenvalue weighted by Crippen LogP contribution is 2.18. The predicted molar refractivity (Wildman–Crippen MR) is 84.2 cm³/mol. The maximum Gasteiger partial charge on any atom is 0.0861 e. The van der Waals surface area contributed by atoms with Crippen LogP contribution in [0.25, 0.3) is 0 Å². The average molecular weight is 261 g/mol. The second-order valence-electron chi connectivity index (χ2n) is 4.91. The van der Waals surface area contributed by atoms with Gasteiger partial charge in [-0.2, -0.15) is 0 Å². The highest BCUT2D eigenvalue weighted by atomic mass is 15.1. The van der Waals surface area contributed by atoms with Gasteiger partial charge < -0.3 is 10.2 Å². The van der Waals surface area contributed by atoms with Crippen LogP contribution in [-0.4, -0.2) is 31.4 Å². The molecule has 0 radical (unpaired) electrons. The van der Waals surface area contributed by atoms with E-state index in [2.05, 4.69) is 54.2 Å². The molecule has 3 nitrogen and oxygen atoms in total. The van der Waals surface area contributed by atoms with E-state index < -0.39 is 0 Å². The van der Waals surface area contributed by atoms with Crippen molar-refractivity contribution < 1.29 is 0 Å². The summed E-state index contributed by atoms with van der Waals surface area (Å²) in [5.74, 6) is 0. The molecule has 0 amide bonds. The number of hydrogen-bond donors (Lipinski definition) is 1. The van der Waals surface area contributed by atoms with Gasteiger partial charge in [-0.05, 0) is 50.8 Å². The highest BCUT2D eigenvalue weighted by molar-refractivity contribution is 5.57. The topological polar surface area (TPSA) is 27.6 Å². The van der Waals surface area contributed by atoms with E-state index in [1.807, 2.05) is 0 Å². The van der Waals surface area contributed by atoms with Crippen molar-refractivity contribution in [2.75, 3.05) is 20.1 Å². The van der Waals surface area contributed by atoms with Crippen molar-refractivity contribution in [3.63, 3.8) is 0 Å². The Balaban J connectivity index is 2.88. The molecule has 19 heavy (non-hydrogen) atoms. The van der Waals surface area contributed by atoms with E-state index in [0.717, 1.165) is 12.1 Å². The third-order valence-corrected chi connectivity index (χ3v) is 3.36. The van der Waals surface area contributed by atoms with Gasteiger partial charge in [0.2, 0.25) is 0 Å². The second kappa shape index (κ2) is 8.57. The first kappa shape index (κ1) is 15.5. The Morgan fingerprint density at radius 2 is 1.95 bits per heavy atom. The molecule has 0 bridgehead atoms. The SMILES string of the molecule is CC\C=C/C(=C\C(C)=C(/C)NC=NC)N1CCCC1. The molecule has 1 fully saturated rings. The van der Waals surface area contributed by atoms with Crippen LogP contribution in [-0.2, 0) is 0 Å². The number of rotatable bonds is 6. The van der Waals surface area contributed by atoms with Crippen LogP contribution in [0.3, 0.4) is 0 Å². The van der Waals surface area contributed by atoms with Crippen molar-refractivity contribution in [1.82, 2.24) is 10.2 Å². The summed E-state index contributed by atoms with van der Waals surface area (Å²) >= 11 is 0. The first-order chi connectivity index (χ1) is 9.19. The summed E-state index contributed by atoms with van der Waals surface area (Å²) in [5.41, 5.74) is 3.72. The second-order valence-corrected chi connectivity index (χ2v) is 4.91. The van der Waals surface area contributed by atoms with Gasteiger partial charge in [0, 0.05) is 31.5 Å². The lowest BCUT2D eigenvalue weighted by Crippen LogP contribution is -2.18. The molecule has 0 saturated carbocycles. The van der Waals surface area contributed by atoms with Gasteiger partial charge in [-0.25, -0.2) is 0 Å². The number of likely N-dealkylation sites (tertiary alicyclic amines) is 1. The van der Waals surface area contributed by atoms with Gasteiger partial charge in [-0.1, -0.05) is 13.0 Å². The van der Waals surface area contributed by atoms with Gasteiger partial charge in [0.1, 0.15) is 0 Å². The van der Waals surface area contributed by atoms with Crippen LogP contribution in [0.5, 0.6) is 0 Å². The first-order valence-electron chi connectivity index (χ1n) is 7.16. The van der Waals surface area contributed by atoms with Crippen molar-refractivity contribution in [3.05, 3.63) is 35.2 Å². The molecular formula is C16H27N3. The minimum atomic E-state index is 1.08. The lowest BCUT2D eigenvalue weighted by Gasteiger charge is -2.19. The molecule has 1 aliphatic heterocycles. The zero-order valence-electron chi connectivity index (χ0n) is 12.7. The van der Waals surface area contributed by atoms with Crippen LogP contribution in [0.15, 0.2) is 40.2 Å². The molecule has 0 aliphatic carbocycles. The maximum absolute atomic E-state index is 3.95. The van der Waals surface area contributed by atoms with Gasteiger partial charge in [-0.15, -0.1) is 0 Å². The molecule has 1 saturated heterocycles. The molecule has 0 aromatic rings. The Bertz CT molecular complexity index is 383. The van der Waals surface area contributed by atoms with E-state index in [9.17, 15) is 0 Å². The molecule has 1 heterocycles. The van der Waals surface area contributed by atoms with Gasteiger partial charge in [-0.3, -0.25) is 4.99 Å². The van der Waals surface area contributed by atoms with Crippen molar-refractivity contribution >= 4 is 6.34 Å². The standard InChI is InChI=1S/C16H27N3/c1-5-6-9-16(19-10-7-8-11-19)12-14(2)15(3)18-13-17-4/h6,9,12-13H,5,7-8,10-11H2,1-4H3,(H,17,18)/b9-6-,15-14+,16-12+. The summed E-state index contributed by atoms with van der Waals surface area (Å²) in [5, 5.41) is 3.18. The minimum Gasteiger partial charge on any atom is -0.372 e. The zero-order chi connectivity index (χ0) is 14.1. The van der Waals surface area contributed by atoms with E-state index in [-0.39, 0.29) is 0 Å². The minimum absolute atomic E-state index is 1.08. The Morgan fingerprint density at radius 1 is 1.26 bits per heavy atom. The Hall–Kier alpha value is -1.51. The lowest BCUT2D eigenvalue weighted by atomic mass is 10.2. The summed E-state index contributed by atoms with van der Waals surface area (Å²) in [7, 11) is 1.77. The number of nitrogens with zero attached hydrogens (tertiary/aromatic N) is 2. The summed E-state index contributed by atoms with van der Waals surface area (Å²) in [6.45, 7) is 8.75. The first-order valence-corrected chi connectivity index (χ1v) is 7.16. The molecule has 0 aromatic carbocycles. The van der Waals surface area contributed by atoms with Crippen LogP contribution < -0.4 is 5.32 Å². The van der Waals surface area contributed by atoms with E-state index in [4.69, 9.17) is 0 Å². The average Bonchev–Trinajstić information content (AvgIpc) is 2.94. The number of hydrogen-bond acceptors (Lipinski definition) is 2. The summed E-state index contributed by atoms with van der Waals surface area (Å²) in [6, 6.07) is 0. The largest absolute Gasteiger partial charge is 0.372 e. The van der Waals surface area contributed by atoms with Gasteiger partial charge >= 0.3 is 0 Å². The third kappa shape index (κ3) is 5.33. The van der Waals surface area contributed by atoms with Crippen LogP contribution in [0.4, 0.5) is 0 Å². The van der Waals surface area contributed by atoms with Crippen LogP contribution in [0.2, 0.25) is 0 Å². The van der Waals surface area contributed by atoms with Crippen LogP contribution in [0, 0.1) is 0 Å². The van der Waals surface area contributed by atoms with Crippen molar-refractivity contribution in [1.29, 1.82) is 0 Å². The Kier molecular flexibility index (Phi) is 7.01. The van der Waals surface area contributed by atoms with Crippen molar-refractivity contribution in [2.24, 2.45) is 4.99 Å². The van der Waals surface area contributed by atoms with Gasteiger partial charge in [0.25, 0.3) is 0 Å². The summed E-state index contributed by atoms with van der Waals surface area (Å²) < 4.78 is 0. The maximum atomic E-state index is 3.95. The molecule has 1 N–H and O–H groups in total. The van der Waals surface area contributed by atoms with E-state index in [0.29, 0.717) is 0 Å². The van der Waals surface area contributed by atoms with E-state index >= 15 is 0 Å². The van der Waals surface area contributed by atoms with Crippen molar-refractivity contribution in [3.8, 4) is 0 Å². The molecule has 0 aromatic heterocycles. The van der Waals surface area contributed by atoms with Gasteiger partial charge in [0.05, 0.1) is 6.34 Å². The summed E-state index contributed by atoms with van der Waals surface area (Å²) in [6.07, 6.45) is 12.2. The predicted octanol–water partition coefficient (Wildman–Crippen LogP) is 3.47. The fourth-order valence-corrected chi connectivity index (χ4v) is 2.06. The zero-order valence-corrected chi connectivity index (χ0v) is 12.7. The quantitative estimate of drug-likeness (QED) is 0.450. The van der Waals surface area contributed by atoms with E-state index in [1.165, 1.54) is 37.2 Å². The Morgan fingerprint density at radius 3 is 2.53 bits per heavy atom. The molecule has 106 valence electrons. The smallest absolute Gasteiger partial charge is 0.0861 e. The summed E-state index contributed by atoms with van der Waals surface area (Å²) in [4.78, 5) is 6.42. The van der Waals surface area contributed by atoms with E-state index in [1.54, 1.807) is 13.4 Å². The number of allylic oxidation sites excluding steroid dienone is 5. The molecule has 0 unspecified atom stereocenters. The molecule has 0 spiro atoms. The van der Waals surface area contributed by atoms with Gasteiger partial charge in [0.15, 0.2) is 0 Å². The molecular weight excluding hydrogens is 234 g/mol. The molecule has 0 atom stereocenters. The molecule has 3 heteroatoms.